The van der Waals surface area contributed by atoms with E-state index in [0.717, 1.165) is 16.8 Å². The molecule has 0 aliphatic carbocycles. The van der Waals surface area contributed by atoms with E-state index in [4.69, 9.17) is 4.74 Å². The van der Waals surface area contributed by atoms with Crippen molar-refractivity contribution >= 4 is 27.4 Å². The predicted molar refractivity (Wildman–Crippen MR) is 117 cm³/mol. The molecule has 0 bridgehead atoms. The third kappa shape index (κ3) is 3.15. The molecule has 31 heavy (non-hydrogen) atoms. The molecule has 0 saturated carbocycles. The quantitative estimate of drug-likeness (QED) is 0.636. The molecule has 3 aromatic carbocycles. The monoisotopic (exact) mass is 436 g/mol. The van der Waals surface area contributed by atoms with Gasteiger partial charge in [-0.3, -0.25) is 0 Å². The number of nitrogens with zero attached hydrogens (tertiary/aromatic N) is 1. The number of anilines is 2. The highest BCUT2D eigenvalue weighted by atomic mass is 32.2. The van der Waals surface area contributed by atoms with Crippen LogP contribution in [0.3, 0.4) is 0 Å². The Morgan fingerprint density at radius 3 is 2.65 bits per heavy atom. The topological polar surface area (TPSA) is 95.9 Å². The van der Waals surface area contributed by atoms with Crippen LogP contribution in [-0.4, -0.2) is 32.6 Å². The van der Waals surface area contributed by atoms with E-state index >= 15 is 0 Å². The number of nitrogens with one attached hydrogen (secondary N) is 1. The minimum absolute atomic E-state index is 0.143. The van der Waals surface area contributed by atoms with Gasteiger partial charge in [0.05, 0.1) is 11.3 Å². The molecule has 2 aliphatic heterocycles. The van der Waals surface area contributed by atoms with Crippen LogP contribution < -0.4 is 14.4 Å². The van der Waals surface area contributed by atoms with Gasteiger partial charge in [-0.05, 0) is 47.9 Å². The van der Waals surface area contributed by atoms with Gasteiger partial charge in [0.2, 0.25) is 10.0 Å². The largest absolute Gasteiger partial charge is 0.488 e. The van der Waals surface area contributed by atoms with Crippen molar-refractivity contribution in [3.8, 4) is 16.9 Å². The number of hydrogen-bond acceptors (Lipinski definition) is 5. The molecule has 0 amide bonds. The number of rotatable bonds is 2. The normalized spacial score (nSPS) is 16.4. The summed E-state index contributed by atoms with van der Waals surface area (Å²) in [5, 5.41) is 9.54. The maximum absolute atomic E-state index is 13.1. The minimum atomic E-state index is -3.76. The average Bonchev–Trinajstić information content (AvgIpc) is 2.88. The lowest BCUT2D eigenvalue weighted by molar-refractivity contribution is 0.0696. The molecule has 0 aromatic heterocycles. The van der Waals surface area contributed by atoms with Crippen LogP contribution in [-0.2, 0) is 16.6 Å². The summed E-state index contributed by atoms with van der Waals surface area (Å²) in [4.78, 5) is 13.8. The Bertz CT molecular complexity index is 1320. The third-order valence-electron chi connectivity index (χ3n) is 5.77. The van der Waals surface area contributed by atoms with Crippen LogP contribution in [0.2, 0.25) is 0 Å². The molecule has 0 atom stereocenters. The van der Waals surface area contributed by atoms with E-state index in [1.165, 1.54) is 0 Å². The number of carboxylic acids is 1. The Kier molecular flexibility index (Phi) is 4.49. The molecule has 7 nitrogen and oxygen atoms in total. The maximum atomic E-state index is 13.1. The van der Waals surface area contributed by atoms with Crippen LogP contribution in [0, 0.1) is 6.92 Å². The average molecular weight is 436 g/mol. The van der Waals surface area contributed by atoms with Crippen LogP contribution in [0.4, 0.5) is 11.4 Å². The highest BCUT2D eigenvalue weighted by molar-refractivity contribution is 7.89. The van der Waals surface area contributed by atoms with Crippen molar-refractivity contribution in [3.05, 3.63) is 71.3 Å². The molecule has 0 spiro atoms. The standard InChI is InChI=1S/C23H20N2O5S/c1-14-17(23(26)27)8-7-15-13-30-20-12-19-21(11-18(20)22(14)15)31(28,29)24-9-10-25(19)16-5-3-2-4-6-16/h2-8,11-12,24H,9-10,13H2,1H3,(H,26,27). The summed E-state index contributed by atoms with van der Waals surface area (Å²) in [6.45, 7) is 2.76. The first-order chi connectivity index (χ1) is 14.9. The molecule has 0 saturated heterocycles. The molecule has 3 aromatic rings. The van der Waals surface area contributed by atoms with E-state index in [9.17, 15) is 18.3 Å². The summed E-state index contributed by atoms with van der Waals surface area (Å²) in [6.07, 6.45) is 0. The number of fused-ring (bicyclic) bond motifs is 4. The van der Waals surface area contributed by atoms with Crippen LogP contribution in [0.25, 0.3) is 11.1 Å². The molecule has 2 aliphatic rings. The lowest BCUT2D eigenvalue weighted by Gasteiger charge is -2.28. The summed E-state index contributed by atoms with van der Waals surface area (Å²) < 4.78 is 34.7. The maximum Gasteiger partial charge on any atom is 0.335 e. The fourth-order valence-electron chi connectivity index (χ4n) is 4.31. The minimum Gasteiger partial charge on any atom is -0.488 e. The molecule has 0 unspecified atom stereocenters. The van der Waals surface area contributed by atoms with Gasteiger partial charge in [0.25, 0.3) is 0 Å². The van der Waals surface area contributed by atoms with Crippen LogP contribution in [0.1, 0.15) is 21.5 Å². The first-order valence-corrected chi connectivity index (χ1v) is 11.3. The van der Waals surface area contributed by atoms with Gasteiger partial charge in [0, 0.05) is 30.4 Å². The van der Waals surface area contributed by atoms with E-state index in [-0.39, 0.29) is 23.6 Å². The van der Waals surface area contributed by atoms with Gasteiger partial charge in [-0.25, -0.2) is 17.9 Å². The molecule has 158 valence electrons. The Labute approximate surface area is 179 Å². The number of para-hydroxylation sites is 1. The second-order valence-corrected chi connectivity index (χ2v) is 9.30. The van der Waals surface area contributed by atoms with Crippen molar-refractivity contribution in [2.24, 2.45) is 0 Å². The summed E-state index contributed by atoms with van der Waals surface area (Å²) in [5.74, 6) is -0.484. The fourth-order valence-corrected chi connectivity index (χ4v) is 5.54. The first-order valence-electron chi connectivity index (χ1n) is 9.86. The van der Waals surface area contributed by atoms with Gasteiger partial charge in [0.1, 0.15) is 17.3 Å². The van der Waals surface area contributed by atoms with Crippen LogP contribution in [0.15, 0.2) is 59.5 Å². The number of carbonyl (C=O) groups is 1. The van der Waals surface area contributed by atoms with E-state index < -0.39 is 16.0 Å². The van der Waals surface area contributed by atoms with E-state index in [0.29, 0.717) is 29.1 Å². The zero-order valence-electron chi connectivity index (χ0n) is 16.8. The van der Waals surface area contributed by atoms with Crippen molar-refractivity contribution in [3.63, 3.8) is 0 Å². The Morgan fingerprint density at radius 1 is 1.13 bits per heavy atom. The van der Waals surface area contributed by atoms with Crippen molar-refractivity contribution in [1.82, 2.24) is 4.72 Å². The number of sulfonamides is 1. The zero-order chi connectivity index (χ0) is 21.8. The van der Waals surface area contributed by atoms with Crippen molar-refractivity contribution in [1.29, 1.82) is 0 Å². The second-order valence-electron chi connectivity index (χ2n) is 7.57. The van der Waals surface area contributed by atoms with Crippen LogP contribution >= 0.6 is 0 Å². The summed E-state index contributed by atoms with van der Waals surface area (Å²) in [5.41, 5.74) is 4.32. The number of aromatic carboxylic acids is 1. The molecule has 0 fully saturated rings. The predicted octanol–water partition coefficient (Wildman–Crippen LogP) is 3.68. The van der Waals surface area contributed by atoms with Crippen molar-refractivity contribution < 1.29 is 23.1 Å². The second kappa shape index (κ2) is 7.11. The highest BCUT2D eigenvalue weighted by Crippen LogP contribution is 2.46. The fraction of sp³-hybridized carbons (Fsp3) is 0.174. The number of carboxylic acid groups (broad SMARTS) is 1. The molecule has 8 heteroatoms. The molecule has 0 radical (unpaired) electrons. The number of hydrogen-bond donors (Lipinski definition) is 2. The number of benzene rings is 3. The summed E-state index contributed by atoms with van der Waals surface area (Å²) in [7, 11) is -3.76. The molecule has 5 rings (SSSR count). The van der Waals surface area contributed by atoms with Gasteiger partial charge >= 0.3 is 5.97 Å². The Balaban J connectivity index is 1.78. The molecular formula is C23H20N2O5S. The third-order valence-corrected chi connectivity index (χ3v) is 7.26. The van der Waals surface area contributed by atoms with Gasteiger partial charge in [-0.2, -0.15) is 0 Å². The van der Waals surface area contributed by atoms with Crippen molar-refractivity contribution in [2.45, 2.75) is 18.4 Å². The van der Waals surface area contributed by atoms with Gasteiger partial charge < -0.3 is 14.7 Å². The lowest BCUT2D eigenvalue weighted by atomic mass is 9.89. The molecule has 2 N–H and O–H groups in total. The summed E-state index contributed by atoms with van der Waals surface area (Å²) in [6, 6.07) is 16.2. The highest BCUT2D eigenvalue weighted by Gasteiger charge is 2.31. The SMILES string of the molecule is Cc1c(C(=O)O)ccc2c1-c1cc3c(cc1OC2)N(c1ccccc1)CCNS3(=O)=O. The van der Waals surface area contributed by atoms with Gasteiger partial charge in [-0.1, -0.05) is 24.3 Å². The van der Waals surface area contributed by atoms with Gasteiger partial charge in [-0.15, -0.1) is 0 Å². The van der Waals surface area contributed by atoms with E-state index in [1.54, 1.807) is 31.2 Å². The smallest absolute Gasteiger partial charge is 0.335 e. The molecule has 2 heterocycles. The van der Waals surface area contributed by atoms with Crippen LogP contribution in [0.5, 0.6) is 5.75 Å². The van der Waals surface area contributed by atoms with E-state index in [1.807, 2.05) is 35.2 Å². The van der Waals surface area contributed by atoms with E-state index in [2.05, 4.69) is 4.72 Å². The number of ether oxygens (including phenoxy) is 1. The first kappa shape index (κ1) is 19.6. The lowest BCUT2D eigenvalue weighted by Crippen LogP contribution is -2.27. The zero-order valence-corrected chi connectivity index (χ0v) is 17.6. The van der Waals surface area contributed by atoms with Gasteiger partial charge in [0.15, 0.2) is 0 Å². The Morgan fingerprint density at radius 2 is 1.90 bits per heavy atom. The molecular weight excluding hydrogens is 416 g/mol. The summed E-state index contributed by atoms with van der Waals surface area (Å²) >= 11 is 0. The van der Waals surface area contributed by atoms with Crippen molar-refractivity contribution in [2.75, 3.05) is 18.0 Å². The Hall–Kier alpha value is -3.36.